The Hall–Kier alpha value is -2.65. The maximum absolute atomic E-state index is 11.9. The van der Waals surface area contributed by atoms with E-state index in [2.05, 4.69) is 20.1 Å². The molecule has 19 heavy (non-hydrogen) atoms. The van der Waals surface area contributed by atoms with Crippen molar-refractivity contribution in [2.45, 2.75) is 6.36 Å². The van der Waals surface area contributed by atoms with Gasteiger partial charge >= 0.3 is 6.36 Å². The van der Waals surface area contributed by atoms with E-state index in [4.69, 9.17) is 5.73 Å². The van der Waals surface area contributed by atoms with Gasteiger partial charge in [-0.1, -0.05) is 0 Å². The molecule has 0 fully saturated rings. The second-order valence-electron chi connectivity index (χ2n) is 3.31. The maximum Gasteiger partial charge on any atom is 0.573 e. The molecule has 2 N–H and O–H groups in total. The molecule has 100 valence electrons. The van der Waals surface area contributed by atoms with Crippen molar-refractivity contribution in [3.05, 3.63) is 30.1 Å². The lowest BCUT2D eigenvalue weighted by molar-refractivity contribution is -0.274. The summed E-state index contributed by atoms with van der Waals surface area (Å²) in [5.41, 5.74) is 5.24. The molecule has 0 aliphatic carbocycles. The Morgan fingerprint density at radius 1 is 1.26 bits per heavy atom. The fourth-order valence-electron chi connectivity index (χ4n) is 1.20. The van der Waals surface area contributed by atoms with Gasteiger partial charge in [0.15, 0.2) is 0 Å². The molecule has 2 rings (SSSR count). The molecule has 0 aliphatic heterocycles. The number of nitrogens with zero attached hydrogens (tertiary/aromatic N) is 4. The summed E-state index contributed by atoms with van der Waals surface area (Å²) < 4.78 is 39.5. The van der Waals surface area contributed by atoms with E-state index in [1.807, 2.05) is 0 Å². The van der Waals surface area contributed by atoms with Crippen LogP contribution in [-0.4, -0.2) is 32.5 Å². The highest BCUT2D eigenvalue weighted by molar-refractivity contribution is 5.88. The summed E-state index contributed by atoms with van der Waals surface area (Å²) in [4.78, 5) is 11.7. The van der Waals surface area contributed by atoms with Crippen LogP contribution in [0.1, 0.15) is 10.6 Å². The summed E-state index contributed by atoms with van der Waals surface area (Å²) in [6.45, 7) is 0. The first-order chi connectivity index (χ1) is 8.85. The second-order valence-corrected chi connectivity index (χ2v) is 3.31. The SMILES string of the molecule is NC(=O)c1nnn(-c2ccc(OC(F)(F)F)cc2)n1. The predicted molar refractivity (Wildman–Crippen MR) is 54.4 cm³/mol. The van der Waals surface area contributed by atoms with Crippen molar-refractivity contribution < 1.29 is 22.7 Å². The topological polar surface area (TPSA) is 95.9 Å². The number of hydrogen-bond donors (Lipinski definition) is 1. The van der Waals surface area contributed by atoms with Crippen LogP contribution in [0.5, 0.6) is 5.75 Å². The van der Waals surface area contributed by atoms with Gasteiger partial charge in [-0.2, -0.15) is 0 Å². The van der Waals surface area contributed by atoms with Crippen LogP contribution >= 0.6 is 0 Å². The van der Waals surface area contributed by atoms with Crippen LogP contribution in [0.25, 0.3) is 5.69 Å². The highest BCUT2D eigenvalue weighted by Gasteiger charge is 2.31. The molecule has 0 atom stereocenters. The zero-order chi connectivity index (χ0) is 14.0. The minimum Gasteiger partial charge on any atom is -0.406 e. The fourth-order valence-corrected chi connectivity index (χ4v) is 1.20. The van der Waals surface area contributed by atoms with Gasteiger partial charge < -0.3 is 10.5 Å². The monoisotopic (exact) mass is 273 g/mol. The summed E-state index contributed by atoms with van der Waals surface area (Å²) in [5.74, 6) is -1.54. The number of rotatable bonds is 3. The maximum atomic E-state index is 11.9. The van der Waals surface area contributed by atoms with E-state index >= 15 is 0 Å². The molecule has 1 aromatic heterocycles. The number of amides is 1. The van der Waals surface area contributed by atoms with Crippen molar-refractivity contribution in [2.75, 3.05) is 0 Å². The van der Waals surface area contributed by atoms with Crippen molar-refractivity contribution in [1.29, 1.82) is 0 Å². The average molecular weight is 273 g/mol. The van der Waals surface area contributed by atoms with E-state index in [9.17, 15) is 18.0 Å². The number of nitrogens with two attached hydrogens (primary N) is 1. The van der Waals surface area contributed by atoms with Gasteiger partial charge in [0.1, 0.15) is 5.75 Å². The molecule has 1 amide bonds. The van der Waals surface area contributed by atoms with Crippen LogP contribution in [0.15, 0.2) is 24.3 Å². The summed E-state index contributed by atoms with van der Waals surface area (Å²) in [7, 11) is 0. The lowest BCUT2D eigenvalue weighted by Gasteiger charge is -2.08. The number of alkyl halides is 3. The third kappa shape index (κ3) is 3.18. The van der Waals surface area contributed by atoms with Crippen LogP contribution < -0.4 is 10.5 Å². The van der Waals surface area contributed by atoms with Crippen LogP contribution in [-0.2, 0) is 0 Å². The molecule has 0 saturated heterocycles. The second kappa shape index (κ2) is 4.55. The third-order valence-corrected chi connectivity index (χ3v) is 1.94. The van der Waals surface area contributed by atoms with Gasteiger partial charge in [0.05, 0.1) is 5.69 Å². The van der Waals surface area contributed by atoms with Crippen molar-refractivity contribution in [3.8, 4) is 11.4 Å². The van der Waals surface area contributed by atoms with Crippen LogP contribution in [0.4, 0.5) is 13.2 Å². The van der Waals surface area contributed by atoms with Crippen LogP contribution in [0, 0.1) is 0 Å². The molecule has 0 bridgehead atoms. The Morgan fingerprint density at radius 3 is 2.37 bits per heavy atom. The number of carbonyl (C=O) groups is 1. The number of benzene rings is 1. The van der Waals surface area contributed by atoms with Crippen molar-refractivity contribution in [3.63, 3.8) is 0 Å². The highest BCUT2D eigenvalue weighted by Crippen LogP contribution is 2.23. The highest BCUT2D eigenvalue weighted by atomic mass is 19.4. The van der Waals surface area contributed by atoms with E-state index in [0.717, 1.165) is 16.9 Å². The number of carbonyl (C=O) groups excluding carboxylic acids is 1. The van der Waals surface area contributed by atoms with Crippen LogP contribution in [0.2, 0.25) is 0 Å². The summed E-state index contributed by atoms with van der Waals surface area (Å²) in [5, 5.41) is 10.5. The minimum atomic E-state index is -4.76. The van der Waals surface area contributed by atoms with Gasteiger partial charge in [0.2, 0.25) is 0 Å². The van der Waals surface area contributed by atoms with Gasteiger partial charge in [0.25, 0.3) is 11.7 Å². The largest absolute Gasteiger partial charge is 0.573 e. The molecule has 0 saturated carbocycles. The minimum absolute atomic E-state index is 0.296. The first-order valence-electron chi connectivity index (χ1n) is 4.81. The average Bonchev–Trinajstić information content (AvgIpc) is 2.77. The number of primary amides is 1. The molecule has 7 nitrogen and oxygen atoms in total. The molecular weight excluding hydrogens is 267 g/mol. The van der Waals surface area contributed by atoms with Crippen LogP contribution in [0.3, 0.4) is 0 Å². The Labute approximate surface area is 103 Å². The summed E-state index contributed by atoms with van der Waals surface area (Å²) in [6.07, 6.45) is -4.76. The van der Waals surface area contributed by atoms with E-state index < -0.39 is 12.3 Å². The molecule has 0 unspecified atom stereocenters. The summed E-state index contributed by atoms with van der Waals surface area (Å²) in [6, 6.07) is 4.70. The van der Waals surface area contributed by atoms with Gasteiger partial charge in [-0.25, -0.2) is 0 Å². The molecule has 0 aliphatic rings. The van der Waals surface area contributed by atoms with Gasteiger partial charge in [-0.05, 0) is 29.5 Å². The Balaban J connectivity index is 2.20. The number of tetrazole rings is 1. The predicted octanol–water partition coefficient (Wildman–Crippen LogP) is 0.660. The van der Waals surface area contributed by atoms with E-state index in [-0.39, 0.29) is 11.6 Å². The third-order valence-electron chi connectivity index (χ3n) is 1.94. The molecule has 0 radical (unpaired) electrons. The zero-order valence-electron chi connectivity index (χ0n) is 9.13. The number of aromatic nitrogens is 4. The number of hydrogen-bond acceptors (Lipinski definition) is 5. The first kappa shape index (κ1) is 12.8. The normalized spacial score (nSPS) is 11.3. The van der Waals surface area contributed by atoms with Crippen molar-refractivity contribution >= 4 is 5.91 Å². The fraction of sp³-hybridized carbons (Fsp3) is 0.111. The molecule has 0 spiro atoms. The Kier molecular flexibility index (Phi) is 3.07. The number of ether oxygens (including phenoxy) is 1. The van der Waals surface area contributed by atoms with E-state index in [0.29, 0.717) is 5.69 Å². The molecule has 1 heterocycles. The molecule has 10 heteroatoms. The molecular formula is C9H6F3N5O2. The van der Waals surface area contributed by atoms with Gasteiger partial charge in [-0.3, -0.25) is 4.79 Å². The number of halogens is 3. The lowest BCUT2D eigenvalue weighted by atomic mass is 10.3. The van der Waals surface area contributed by atoms with Crippen molar-refractivity contribution in [2.24, 2.45) is 5.73 Å². The lowest BCUT2D eigenvalue weighted by Crippen LogP contribution is -2.17. The van der Waals surface area contributed by atoms with E-state index in [1.165, 1.54) is 12.1 Å². The quantitative estimate of drug-likeness (QED) is 0.886. The van der Waals surface area contributed by atoms with Gasteiger partial charge in [-0.15, -0.1) is 28.2 Å². The molecule has 1 aromatic carbocycles. The smallest absolute Gasteiger partial charge is 0.406 e. The standard InChI is InChI=1S/C9H6F3N5O2/c10-9(11,12)19-6-3-1-5(2-4-6)17-15-8(7(13)18)14-16-17/h1-4H,(H2,13,18). The molecule has 2 aromatic rings. The zero-order valence-corrected chi connectivity index (χ0v) is 9.13. The van der Waals surface area contributed by atoms with E-state index in [1.54, 1.807) is 0 Å². The van der Waals surface area contributed by atoms with Gasteiger partial charge in [0, 0.05) is 0 Å². The first-order valence-corrected chi connectivity index (χ1v) is 4.81. The summed E-state index contributed by atoms with van der Waals surface area (Å²) >= 11 is 0. The van der Waals surface area contributed by atoms with Crippen molar-refractivity contribution in [1.82, 2.24) is 20.2 Å². The Morgan fingerprint density at radius 2 is 1.89 bits per heavy atom. The Bertz CT molecular complexity index is 593.